The van der Waals surface area contributed by atoms with Crippen LogP contribution in [0.3, 0.4) is 0 Å². The van der Waals surface area contributed by atoms with E-state index in [0.717, 1.165) is 0 Å². The van der Waals surface area contributed by atoms with Crippen molar-refractivity contribution in [2.45, 2.75) is 0 Å². The minimum atomic E-state index is 1.17. The van der Waals surface area contributed by atoms with Gasteiger partial charge in [-0.25, -0.2) is 0 Å². The summed E-state index contributed by atoms with van der Waals surface area (Å²) in [6.45, 7) is 0. The van der Waals surface area contributed by atoms with Gasteiger partial charge in [0.15, 0.2) is 0 Å². The minimum absolute atomic E-state index is 1.17. The highest BCUT2D eigenvalue weighted by molar-refractivity contribution is 6.21. The summed E-state index contributed by atoms with van der Waals surface area (Å²) in [7, 11) is 2.13. The van der Waals surface area contributed by atoms with Gasteiger partial charge in [-0.05, 0) is 53.2 Å². The van der Waals surface area contributed by atoms with Gasteiger partial charge in [0.05, 0.1) is 11.0 Å². The lowest BCUT2D eigenvalue weighted by Gasteiger charge is -2.20. The number of fused-ring (bicyclic) bond motifs is 5. The summed E-state index contributed by atoms with van der Waals surface area (Å²) in [4.78, 5) is 2.24. The van der Waals surface area contributed by atoms with Gasteiger partial charge in [0.25, 0.3) is 0 Å². The van der Waals surface area contributed by atoms with Crippen LogP contribution < -0.4 is 4.90 Å². The fraction of sp³-hybridized carbons (Fsp3) is 0.0345. The van der Waals surface area contributed by atoms with Crippen molar-refractivity contribution in [3.8, 4) is 5.69 Å². The van der Waals surface area contributed by atoms with Crippen molar-refractivity contribution in [2.24, 2.45) is 0 Å². The molecule has 0 saturated heterocycles. The van der Waals surface area contributed by atoms with Crippen molar-refractivity contribution >= 4 is 44.0 Å². The maximum absolute atomic E-state index is 2.39. The van der Waals surface area contributed by atoms with E-state index in [1.165, 1.54) is 49.6 Å². The number of benzene rings is 5. The lowest BCUT2D eigenvalue weighted by atomic mass is 10.0. The topological polar surface area (TPSA) is 8.17 Å². The first kappa shape index (κ1) is 17.8. The average Bonchev–Trinajstić information content (AvgIpc) is 3.18. The summed E-state index contributed by atoms with van der Waals surface area (Å²) in [5.74, 6) is 0. The van der Waals surface area contributed by atoms with E-state index in [9.17, 15) is 0 Å². The second-order valence-corrected chi connectivity index (χ2v) is 7.95. The van der Waals surface area contributed by atoms with E-state index in [4.69, 9.17) is 0 Å². The van der Waals surface area contributed by atoms with Crippen LogP contribution in [0.15, 0.2) is 115 Å². The molecule has 148 valence electrons. The lowest BCUT2D eigenvalue weighted by molar-refractivity contribution is 1.17. The van der Waals surface area contributed by atoms with Gasteiger partial charge in [-0.2, -0.15) is 0 Å². The molecule has 0 spiro atoms. The SMILES string of the molecule is CN(c1ccccc1)c1ccc2c3c4ccccc4ccc3n(-c3ccccc3)c2c1. The zero-order valence-corrected chi connectivity index (χ0v) is 17.4. The highest BCUT2D eigenvalue weighted by atomic mass is 15.1. The zero-order valence-electron chi connectivity index (χ0n) is 17.4. The number of para-hydroxylation sites is 2. The highest BCUT2D eigenvalue weighted by Crippen LogP contribution is 2.38. The monoisotopic (exact) mass is 398 g/mol. The lowest BCUT2D eigenvalue weighted by Crippen LogP contribution is -2.09. The van der Waals surface area contributed by atoms with Crippen LogP contribution in [0, 0.1) is 0 Å². The maximum Gasteiger partial charge on any atom is 0.0562 e. The van der Waals surface area contributed by atoms with Gasteiger partial charge in [-0.3, -0.25) is 0 Å². The fourth-order valence-corrected chi connectivity index (χ4v) is 4.64. The molecule has 2 nitrogen and oxygen atoms in total. The molecule has 31 heavy (non-hydrogen) atoms. The van der Waals surface area contributed by atoms with Crippen LogP contribution >= 0.6 is 0 Å². The van der Waals surface area contributed by atoms with Gasteiger partial charge in [0, 0.05) is 34.9 Å². The summed E-state index contributed by atoms with van der Waals surface area (Å²) >= 11 is 0. The van der Waals surface area contributed by atoms with Gasteiger partial charge < -0.3 is 9.47 Å². The van der Waals surface area contributed by atoms with Gasteiger partial charge in [-0.1, -0.05) is 72.8 Å². The Morgan fingerprint density at radius 1 is 0.548 bits per heavy atom. The minimum Gasteiger partial charge on any atom is -0.345 e. The molecule has 0 aliphatic carbocycles. The van der Waals surface area contributed by atoms with E-state index in [1.54, 1.807) is 0 Å². The van der Waals surface area contributed by atoms with E-state index in [0.29, 0.717) is 0 Å². The number of aromatic nitrogens is 1. The molecule has 0 fully saturated rings. The molecular formula is C29H22N2. The molecular weight excluding hydrogens is 376 g/mol. The summed E-state index contributed by atoms with van der Waals surface area (Å²) in [6.07, 6.45) is 0. The Morgan fingerprint density at radius 3 is 2.06 bits per heavy atom. The Balaban J connectivity index is 1.70. The Labute approximate surface area is 181 Å². The van der Waals surface area contributed by atoms with Crippen LogP contribution in [0.2, 0.25) is 0 Å². The first-order valence-corrected chi connectivity index (χ1v) is 10.6. The molecule has 0 amide bonds. The normalized spacial score (nSPS) is 11.4. The van der Waals surface area contributed by atoms with E-state index in [-0.39, 0.29) is 0 Å². The highest BCUT2D eigenvalue weighted by Gasteiger charge is 2.16. The van der Waals surface area contributed by atoms with E-state index < -0.39 is 0 Å². The first-order valence-electron chi connectivity index (χ1n) is 10.6. The van der Waals surface area contributed by atoms with Crippen molar-refractivity contribution in [1.82, 2.24) is 4.57 Å². The van der Waals surface area contributed by atoms with Crippen LogP contribution in [0.4, 0.5) is 11.4 Å². The molecule has 2 heteroatoms. The van der Waals surface area contributed by atoms with Crippen molar-refractivity contribution in [3.05, 3.63) is 115 Å². The van der Waals surface area contributed by atoms with Gasteiger partial charge >= 0.3 is 0 Å². The average molecular weight is 399 g/mol. The van der Waals surface area contributed by atoms with Crippen LogP contribution in [-0.2, 0) is 0 Å². The second kappa shape index (κ2) is 7.03. The molecule has 6 aromatic rings. The summed E-state index contributed by atoms with van der Waals surface area (Å²) in [5, 5.41) is 5.16. The Kier molecular flexibility index (Phi) is 4.03. The van der Waals surface area contributed by atoms with Gasteiger partial charge in [0.2, 0.25) is 0 Å². The van der Waals surface area contributed by atoms with Crippen LogP contribution in [0.25, 0.3) is 38.3 Å². The molecule has 1 heterocycles. The zero-order chi connectivity index (χ0) is 20.8. The van der Waals surface area contributed by atoms with Crippen molar-refractivity contribution in [1.29, 1.82) is 0 Å². The molecule has 5 aromatic carbocycles. The quantitative estimate of drug-likeness (QED) is 0.296. The van der Waals surface area contributed by atoms with Gasteiger partial charge in [-0.15, -0.1) is 0 Å². The predicted molar refractivity (Wildman–Crippen MR) is 133 cm³/mol. The molecule has 0 atom stereocenters. The Hall–Kier alpha value is -4.04. The predicted octanol–water partition coefficient (Wildman–Crippen LogP) is 7.70. The molecule has 1 aromatic heterocycles. The molecule has 0 unspecified atom stereocenters. The molecule has 0 saturated carbocycles. The van der Waals surface area contributed by atoms with E-state index in [2.05, 4.69) is 132 Å². The molecule has 0 aliphatic rings. The fourth-order valence-electron chi connectivity index (χ4n) is 4.64. The number of nitrogens with zero attached hydrogens (tertiary/aromatic N) is 2. The third-order valence-electron chi connectivity index (χ3n) is 6.18. The van der Waals surface area contributed by atoms with Crippen LogP contribution in [0.5, 0.6) is 0 Å². The molecule has 0 radical (unpaired) electrons. The van der Waals surface area contributed by atoms with Crippen molar-refractivity contribution < 1.29 is 0 Å². The standard InChI is InChI=1S/C29H22N2/c1-30(22-11-4-2-5-12-22)24-17-18-26-28(20-24)31(23-13-6-3-7-14-23)27-19-16-21-10-8-9-15-25(21)29(26)27/h2-20H,1H3. The smallest absolute Gasteiger partial charge is 0.0562 e. The van der Waals surface area contributed by atoms with Crippen LogP contribution in [-0.4, -0.2) is 11.6 Å². The Bertz CT molecular complexity index is 1530. The second-order valence-electron chi connectivity index (χ2n) is 7.95. The van der Waals surface area contributed by atoms with Crippen LogP contribution in [0.1, 0.15) is 0 Å². The van der Waals surface area contributed by atoms with E-state index >= 15 is 0 Å². The van der Waals surface area contributed by atoms with Crippen molar-refractivity contribution in [2.75, 3.05) is 11.9 Å². The molecule has 0 aliphatic heterocycles. The summed E-state index contributed by atoms with van der Waals surface area (Å²) < 4.78 is 2.39. The summed E-state index contributed by atoms with van der Waals surface area (Å²) in [6, 6.07) is 41.1. The van der Waals surface area contributed by atoms with Gasteiger partial charge in [0.1, 0.15) is 0 Å². The number of anilines is 2. The van der Waals surface area contributed by atoms with E-state index in [1.807, 2.05) is 0 Å². The molecule has 6 rings (SSSR count). The number of hydrogen-bond donors (Lipinski definition) is 0. The summed E-state index contributed by atoms with van der Waals surface area (Å²) in [5.41, 5.74) is 5.98. The number of rotatable bonds is 3. The third-order valence-corrected chi connectivity index (χ3v) is 6.18. The molecule has 0 N–H and O–H groups in total. The third kappa shape index (κ3) is 2.80. The Morgan fingerprint density at radius 2 is 1.26 bits per heavy atom. The van der Waals surface area contributed by atoms with Crippen molar-refractivity contribution in [3.63, 3.8) is 0 Å². The molecule has 0 bridgehead atoms. The maximum atomic E-state index is 2.39. The number of hydrogen-bond acceptors (Lipinski definition) is 1. The largest absolute Gasteiger partial charge is 0.345 e. The first-order chi connectivity index (χ1) is 15.3.